The molecule has 0 saturated carbocycles. The molecule has 4 heteroatoms. The Hall–Kier alpha value is -1.65. The van der Waals surface area contributed by atoms with Crippen LogP contribution in [0.25, 0.3) is 0 Å². The number of rotatable bonds is 8. The number of benzene rings is 1. The Morgan fingerprint density at radius 1 is 1.36 bits per heavy atom. The highest BCUT2D eigenvalue weighted by Gasteiger charge is 2.41. The van der Waals surface area contributed by atoms with Crippen LogP contribution in [0.5, 0.6) is 0 Å². The topological polar surface area (TPSA) is 52.6 Å². The predicted octanol–water partition coefficient (Wildman–Crippen LogP) is 1.75. The first-order valence-electron chi connectivity index (χ1n) is 8.03. The van der Waals surface area contributed by atoms with Gasteiger partial charge in [0.05, 0.1) is 0 Å². The number of hydrogen-bond donors (Lipinski definition) is 2. The van der Waals surface area contributed by atoms with Crippen molar-refractivity contribution in [1.82, 2.24) is 10.2 Å². The van der Waals surface area contributed by atoms with Crippen LogP contribution in [0, 0.1) is 0 Å². The van der Waals surface area contributed by atoms with Crippen molar-refractivity contribution < 1.29 is 9.90 Å². The quantitative estimate of drug-likeness (QED) is 0.568. The zero-order chi connectivity index (χ0) is 15.8. The number of aliphatic hydroxyl groups is 1. The predicted molar refractivity (Wildman–Crippen MR) is 88.6 cm³/mol. The molecule has 0 spiro atoms. The summed E-state index contributed by atoms with van der Waals surface area (Å²) in [6, 6.07) is 10.3. The third-order valence-electron chi connectivity index (χ3n) is 4.15. The van der Waals surface area contributed by atoms with Gasteiger partial charge in [-0.2, -0.15) is 0 Å². The molecule has 0 radical (unpaired) electrons. The van der Waals surface area contributed by atoms with Crippen molar-refractivity contribution in [3.05, 3.63) is 48.6 Å². The molecule has 2 N–H and O–H groups in total. The van der Waals surface area contributed by atoms with Gasteiger partial charge in [-0.1, -0.05) is 36.4 Å². The van der Waals surface area contributed by atoms with E-state index in [9.17, 15) is 9.90 Å². The number of amides is 1. The number of aryl methyl sites for hydroxylation is 1. The number of carbonyl (C=O) groups is 1. The lowest BCUT2D eigenvalue weighted by Crippen LogP contribution is -2.58. The Labute approximate surface area is 132 Å². The molecule has 1 amide bonds. The summed E-state index contributed by atoms with van der Waals surface area (Å²) in [5, 5.41) is 13.6. The van der Waals surface area contributed by atoms with Crippen molar-refractivity contribution in [3.8, 4) is 0 Å². The second-order valence-corrected chi connectivity index (χ2v) is 5.94. The minimum absolute atomic E-state index is 0.136. The fourth-order valence-electron chi connectivity index (χ4n) is 2.94. The number of hydrogen-bond acceptors (Lipinski definition) is 3. The molecule has 4 nitrogen and oxygen atoms in total. The molecule has 1 aromatic carbocycles. The van der Waals surface area contributed by atoms with Crippen molar-refractivity contribution >= 4 is 5.91 Å². The first-order valence-corrected chi connectivity index (χ1v) is 8.03. The van der Waals surface area contributed by atoms with Crippen LogP contribution in [0.3, 0.4) is 0 Å². The lowest BCUT2D eigenvalue weighted by atomic mass is 9.91. The number of nitrogens with zero attached hydrogens (tertiary/aromatic N) is 1. The van der Waals surface area contributed by atoms with Crippen LogP contribution < -0.4 is 5.32 Å². The fraction of sp³-hybridized carbons (Fsp3) is 0.500. The Bertz CT molecular complexity index is 489. The lowest BCUT2D eigenvalue weighted by Gasteiger charge is -2.38. The van der Waals surface area contributed by atoms with Crippen molar-refractivity contribution in [2.75, 3.05) is 26.2 Å². The normalized spacial score (nSPS) is 21.9. The van der Waals surface area contributed by atoms with Crippen molar-refractivity contribution in [2.45, 2.75) is 31.3 Å². The summed E-state index contributed by atoms with van der Waals surface area (Å²) >= 11 is 0. The van der Waals surface area contributed by atoms with E-state index in [4.69, 9.17) is 0 Å². The molecule has 0 bridgehead atoms. The summed E-state index contributed by atoms with van der Waals surface area (Å²) in [4.78, 5) is 14.3. The first kappa shape index (κ1) is 16.7. The minimum atomic E-state index is -1.26. The second kappa shape index (κ2) is 8.11. The lowest BCUT2D eigenvalue weighted by molar-refractivity contribution is -0.156. The number of carbonyl (C=O) groups excluding carboxylic acids is 1. The van der Waals surface area contributed by atoms with Crippen LogP contribution in [-0.2, 0) is 11.2 Å². The van der Waals surface area contributed by atoms with E-state index in [1.165, 1.54) is 5.56 Å². The van der Waals surface area contributed by atoms with Gasteiger partial charge >= 0.3 is 0 Å². The van der Waals surface area contributed by atoms with Crippen LogP contribution in [0.1, 0.15) is 24.8 Å². The standard InChI is InChI=1S/C18H26N2O2/c1-2-12-19-15-18(22)11-7-14-20(17(18)21)13-6-10-16-8-4-3-5-9-16/h2-5,8-9,19,22H,1,6-7,10-15H2/t18-/m1/s1. The van der Waals surface area contributed by atoms with E-state index < -0.39 is 5.60 Å². The second-order valence-electron chi connectivity index (χ2n) is 5.94. The van der Waals surface area contributed by atoms with Gasteiger partial charge in [-0.15, -0.1) is 6.58 Å². The molecular formula is C18H26N2O2. The molecule has 1 aliphatic rings. The van der Waals surface area contributed by atoms with E-state index in [0.29, 0.717) is 26.1 Å². The van der Waals surface area contributed by atoms with Crippen LogP contribution in [0.15, 0.2) is 43.0 Å². The molecule has 2 rings (SSSR count). The summed E-state index contributed by atoms with van der Waals surface area (Å²) in [7, 11) is 0. The maximum absolute atomic E-state index is 12.5. The molecule has 1 saturated heterocycles. The smallest absolute Gasteiger partial charge is 0.255 e. The third-order valence-corrected chi connectivity index (χ3v) is 4.15. The molecule has 22 heavy (non-hydrogen) atoms. The number of likely N-dealkylation sites (tertiary alicyclic amines) is 1. The van der Waals surface area contributed by atoms with Crippen molar-refractivity contribution in [3.63, 3.8) is 0 Å². The highest BCUT2D eigenvalue weighted by molar-refractivity contribution is 5.86. The SMILES string of the molecule is C=CCNC[C@]1(O)CCCN(CCCc2ccccc2)C1=O. The van der Waals surface area contributed by atoms with Gasteiger partial charge < -0.3 is 15.3 Å². The highest BCUT2D eigenvalue weighted by atomic mass is 16.3. The third kappa shape index (κ3) is 4.42. The van der Waals surface area contributed by atoms with E-state index in [2.05, 4.69) is 24.0 Å². The van der Waals surface area contributed by atoms with Gasteiger partial charge in [0.2, 0.25) is 0 Å². The van der Waals surface area contributed by atoms with Gasteiger partial charge in [-0.3, -0.25) is 4.79 Å². The van der Waals surface area contributed by atoms with Gasteiger partial charge in [0.25, 0.3) is 5.91 Å². The molecule has 0 unspecified atom stereocenters. The Kier molecular flexibility index (Phi) is 6.16. The van der Waals surface area contributed by atoms with Gasteiger partial charge in [-0.05, 0) is 31.2 Å². The molecular weight excluding hydrogens is 276 g/mol. The average molecular weight is 302 g/mol. The molecule has 120 valence electrons. The Morgan fingerprint density at radius 2 is 2.14 bits per heavy atom. The van der Waals surface area contributed by atoms with Gasteiger partial charge in [0, 0.05) is 26.2 Å². The molecule has 1 atom stereocenters. The van der Waals surface area contributed by atoms with Crippen LogP contribution in [-0.4, -0.2) is 47.7 Å². The average Bonchev–Trinajstić information content (AvgIpc) is 2.53. The first-order chi connectivity index (χ1) is 10.7. The summed E-state index contributed by atoms with van der Waals surface area (Å²) in [5.41, 5.74) is 0.0310. The maximum atomic E-state index is 12.5. The zero-order valence-corrected chi connectivity index (χ0v) is 13.1. The summed E-state index contributed by atoms with van der Waals surface area (Å²) < 4.78 is 0. The largest absolute Gasteiger partial charge is 0.379 e. The van der Waals surface area contributed by atoms with E-state index in [1.807, 2.05) is 23.1 Å². The molecule has 1 aliphatic heterocycles. The minimum Gasteiger partial charge on any atom is -0.379 e. The Morgan fingerprint density at radius 3 is 2.86 bits per heavy atom. The van der Waals surface area contributed by atoms with Crippen LogP contribution in [0.2, 0.25) is 0 Å². The summed E-state index contributed by atoms with van der Waals surface area (Å²) in [6.45, 7) is 5.98. The monoisotopic (exact) mass is 302 g/mol. The fourth-order valence-corrected chi connectivity index (χ4v) is 2.94. The van der Waals surface area contributed by atoms with E-state index in [-0.39, 0.29) is 5.91 Å². The van der Waals surface area contributed by atoms with Gasteiger partial charge in [0.1, 0.15) is 0 Å². The van der Waals surface area contributed by atoms with Gasteiger partial charge in [0.15, 0.2) is 5.60 Å². The van der Waals surface area contributed by atoms with Crippen molar-refractivity contribution in [2.24, 2.45) is 0 Å². The molecule has 1 heterocycles. The van der Waals surface area contributed by atoms with Gasteiger partial charge in [-0.25, -0.2) is 0 Å². The Balaban J connectivity index is 1.83. The zero-order valence-electron chi connectivity index (χ0n) is 13.1. The summed E-state index contributed by atoms with van der Waals surface area (Å²) in [5.74, 6) is -0.136. The number of piperidine rings is 1. The van der Waals surface area contributed by atoms with E-state index in [1.54, 1.807) is 6.08 Å². The molecule has 1 aromatic rings. The van der Waals surface area contributed by atoms with Crippen LogP contribution in [0.4, 0.5) is 0 Å². The molecule has 1 fully saturated rings. The van der Waals surface area contributed by atoms with Crippen molar-refractivity contribution in [1.29, 1.82) is 0 Å². The van der Waals surface area contributed by atoms with Crippen LogP contribution >= 0.6 is 0 Å². The maximum Gasteiger partial charge on any atom is 0.255 e. The molecule has 0 aliphatic carbocycles. The van der Waals surface area contributed by atoms with E-state index in [0.717, 1.165) is 25.8 Å². The summed E-state index contributed by atoms with van der Waals surface area (Å²) in [6.07, 6.45) is 4.99. The highest BCUT2D eigenvalue weighted by Crippen LogP contribution is 2.22. The number of nitrogens with one attached hydrogen (secondary N) is 1. The molecule has 0 aromatic heterocycles. The van der Waals surface area contributed by atoms with E-state index >= 15 is 0 Å².